The van der Waals surface area contributed by atoms with Gasteiger partial charge in [-0.3, -0.25) is 9.59 Å². The van der Waals surface area contributed by atoms with Crippen molar-refractivity contribution >= 4 is 23.2 Å². The van der Waals surface area contributed by atoms with Crippen molar-refractivity contribution < 1.29 is 19.1 Å². The summed E-state index contributed by atoms with van der Waals surface area (Å²) < 4.78 is 10.8. The fraction of sp³-hybridized carbons (Fsp3) is 0.318. The van der Waals surface area contributed by atoms with Gasteiger partial charge in [-0.25, -0.2) is 5.01 Å². The molecule has 29 heavy (non-hydrogen) atoms. The highest BCUT2D eigenvalue weighted by atomic mass is 16.7. The summed E-state index contributed by atoms with van der Waals surface area (Å²) in [6, 6.07) is 13.2. The summed E-state index contributed by atoms with van der Waals surface area (Å²) in [7, 11) is 0. The standard InChI is InChI=1S/C22H23N3O4/c1-3-24(13-16-7-9-19-20(12-16)29-14-28-19)22(27)18-8-10-21(26)25(23-18)17-6-4-5-15(2)11-17/h4-7,9,11-12H,3,8,10,13-14H2,1-2H3. The van der Waals surface area contributed by atoms with Crippen LogP contribution in [0, 0.1) is 6.92 Å². The highest BCUT2D eigenvalue weighted by Crippen LogP contribution is 2.33. The second-order valence-electron chi connectivity index (χ2n) is 7.10. The molecule has 0 atom stereocenters. The summed E-state index contributed by atoms with van der Waals surface area (Å²) in [6.45, 7) is 5.07. The second kappa shape index (κ2) is 7.95. The van der Waals surface area contributed by atoms with Crippen molar-refractivity contribution in [2.75, 3.05) is 18.3 Å². The molecule has 2 aromatic rings. The molecule has 0 spiro atoms. The number of carbonyl (C=O) groups is 2. The molecule has 2 aromatic carbocycles. The quantitative estimate of drug-likeness (QED) is 0.782. The fourth-order valence-electron chi connectivity index (χ4n) is 3.44. The number of nitrogens with zero attached hydrogens (tertiary/aromatic N) is 3. The molecule has 0 unspecified atom stereocenters. The molecule has 0 bridgehead atoms. The maximum Gasteiger partial charge on any atom is 0.270 e. The number of hydrazone groups is 1. The van der Waals surface area contributed by atoms with Gasteiger partial charge in [0.05, 0.1) is 5.69 Å². The van der Waals surface area contributed by atoms with E-state index in [9.17, 15) is 9.59 Å². The fourth-order valence-corrected chi connectivity index (χ4v) is 3.44. The zero-order valence-corrected chi connectivity index (χ0v) is 16.6. The van der Waals surface area contributed by atoms with Gasteiger partial charge in [-0.2, -0.15) is 5.10 Å². The minimum Gasteiger partial charge on any atom is -0.454 e. The Bertz CT molecular complexity index is 986. The van der Waals surface area contributed by atoms with Crippen LogP contribution in [0.25, 0.3) is 0 Å². The minimum absolute atomic E-state index is 0.106. The van der Waals surface area contributed by atoms with Crippen LogP contribution >= 0.6 is 0 Å². The van der Waals surface area contributed by atoms with Crippen LogP contribution in [0.4, 0.5) is 5.69 Å². The van der Waals surface area contributed by atoms with Crippen LogP contribution in [0.5, 0.6) is 11.5 Å². The maximum absolute atomic E-state index is 13.1. The zero-order chi connectivity index (χ0) is 20.4. The highest BCUT2D eigenvalue weighted by Gasteiger charge is 2.28. The third-order valence-electron chi connectivity index (χ3n) is 5.01. The molecular weight excluding hydrogens is 370 g/mol. The SMILES string of the molecule is CCN(Cc1ccc2c(c1)OCO2)C(=O)C1=NN(c2cccc(C)c2)C(=O)CC1. The summed E-state index contributed by atoms with van der Waals surface area (Å²) in [4.78, 5) is 27.2. The van der Waals surface area contributed by atoms with Crippen LogP contribution in [0.1, 0.15) is 30.9 Å². The highest BCUT2D eigenvalue weighted by molar-refractivity contribution is 6.40. The van der Waals surface area contributed by atoms with Gasteiger partial charge in [-0.05, 0) is 49.2 Å². The molecule has 0 radical (unpaired) electrons. The lowest BCUT2D eigenvalue weighted by Gasteiger charge is -2.27. The van der Waals surface area contributed by atoms with Gasteiger partial charge in [0.25, 0.3) is 5.91 Å². The molecule has 0 aromatic heterocycles. The largest absolute Gasteiger partial charge is 0.454 e. The molecule has 150 valence electrons. The van der Waals surface area contributed by atoms with Crippen molar-refractivity contribution in [3.05, 3.63) is 53.6 Å². The molecule has 0 saturated carbocycles. The number of hydrogen-bond donors (Lipinski definition) is 0. The van der Waals surface area contributed by atoms with Crippen LogP contribution in [0.15, 0.2) is 47.6 Å². The zero-order valence-electron chi connectivity index (χ0n) is 16.6. The van der Waals surface area contributed by atoms with E-state index in [0.717, 1.165) is 11.1 Å². The van der Waals surface area contributed by atoms with Crippen LogP contribution in [0.3, 0.4) is 0 Å². The van der Waals surface area contributed by atoms with Gasteiger partial charge < -0.3 is 14.4 Å². The first-order valence-electron chi connectivity index (χ1n) is 9.70. The monoisotopic (exact) mass is 393 g/mol. The summed E-state index contributed by atoms with van der Waals surface area (Å²) in [5, 5.41) is 5.75. The Morgan fingerprint density at radius 3 is 2.76 bits per heavy atom. The van der Waals surface area contributed by atoms with Gasteiger partial charge in [0.15, 0.2) is 11.5 Å². The number of amides is 2. The lowest BCUT2D eigenvalue weighted by molar-refractivity contribution is -0.124. The molecule has 0 aliphatic carbocycles. The maximum atomic E-state index is 13.1. The van der Waals surface area contributed by atoms with E-state index in [0.29, 0.717) is 42.4 Å². The summed E-state index contributed by atoms with van der Waals surface area (Å²) in [6.07, 6.45) is 0.609. The van der Waals surface area contributed by atoms with Crippen LogP contribution in [-0.4, -0.2) is 35.8 Å². The number of carbonyl (C=O) groups excluding carboxylic acids is 2. The average molecular weight is 393 g/mol. The van der Waals surface area contributed by atoms with E-state index in [4.69, 9.17) is 9.47 Å². The Labute approximate surface area is 169 Å². The summed E-state index contributed by atoms with van der Waals surface area (Å²) in [5.74, 6) is 1.14. The van der Waals surface area contributed by atoms with E-state index < -0.39 is 0 Å². The molecule has 7 nitrogen and oxygen atoms in total. The third-order valence-corrected chi connectivity index (χ3v) is 5.01. The molecule has 0 fully saturated rings. The number of hydrogen-bond acceptors (Lipinski definition) is 5. The molecule has 0 saturated heterocycles. The number of fused-ring (bicyclic) bond motifs is 1. The molecule has 4 rings (SSSR count). The number of rotatable bonds is 5. The number of benzene rings is 2. The van der Waals surface area contributed by atoms with Gasteiger partial charge in [0.1, 0.15) is 5.71 Å². The molecule has 0 N–H and O–H groups in total. The third kappa shape index (κ3) is 3.94. The van der Waals surface area contributed by atoms with Crippen LogP contribution in [-0.2, 0) is 16.1 Å². The summed E-state index contributed by atoms with van der Waals surface area (Å²) >= 11 is 0. The normalized spacial score (nSPS) is 15.3. The van der Waals surface area contributed by atoms with Gasteiger partial charge >= 0.3 is 0 Å². The predicted octanol–water partition coefficient (Wildman–Crippen LogP) is 3.26. The van der Waals surface area contributed by atoms with E-state index in [1.54, 1.807) is 4.90 Å². The van der Waals surface area contributed by atoms with Gasteiger partial charge in [0, 0.05) is 25.9 Å². The first-order valence-corrected chi connectivity index (χ1v) is 9.70. The molecule has 2 heterocycles. The molecule has 2 aliphatic heterocycles. The van der Waals surface area contributed by atoms with Crippen molar-refractivity contribution in [3.8, 4) is 11.5 Å². The Kier molecular flexibility index (Phi) is 5.20. The van der Waals surface area contributed by atoms with Crippen molar-refractivity contribution in [2.45, 2.75) is 33.2 Å². The second-order valence-corrected chi connectivity index (χ2v) is 7.10. The van der Waals surface area contributed by atoms with Gasteiger partial charge in [-0.1, -0.05) is 18.2 Å². The Hall–Kier alpha value is -3.35. The smallest absolute Gasteiger partial charge is 0.270 e. The average Bonchev–Trinajstić information content (AvgIpc) is 3.19. The van der Waals surface area contributed by atoms with Crippen molar-refractivity contribution in [3.63, 3.8) is 0 Å². The molecular formula is C22H23N3O4. The van der Waals surface area contributed by atoms with E-state index >= 15 is 0 Å². The van der Waals surface area contributed by atoms with E-state index in [1.807, 2.05) is 56.3 Å². The Morgan fingerprint density at radius 2 is 1.97 bits per heavy atom. The van der Waals surface area contributed by atoms with Crippen molar-refractivity contribution in [1.82, 2.24) is 4.90 Å². The van der Waals surface area contributed by atoms with E-state index in [-0.39, 0.29) is 25.0 Å². The first-order chi connectivity index (χ1) is 14.0. The van der Waals surface area contributed by atoms with E-state index in [1.165, 1.54) is 5.01 Å². The van der Waals surface area contributed by atoms with Crippen LogP contribution < -0.4 is 14.5 Å². The molecule has 2 aliphatic rings. The van der Waals surface area contributed by atoms with Gasteiger partial charge in [-0.15, -0.1) is 0 Å². The lowest BCUT2D eigenvalue weighted by atomic mass is 10.1. The summed E-state index contributed by atoms with van der Waals surface area (Å²) in [5.41, 5.74) is 3.06. The van der Waals surface area contributed by atoms with Crippen LogP contribution in [0.2, 0.25) is 0 Å². The Morgan fingerprint density at radius 1 is 1.14 bits per heavy atom. The topological polar surface area (TPSA) is 71.4 Å². The van der Waals surface area contributed by atoms with Crippen molar-refractivity contribution in [1.29, 1.82) is 0 Å². The Balaban J connectivity index is 1.54. The minimum atomic E-state index is -0.157. The number of aryl methyl sites for hydroxylation is 1. The lowest BCUT2D eigenvalue weighted by Crippen LogP contribution is -2.41. The van der Waals surface area contributed by atoms with Crippen molar-refractivity contribution in [2.24, 2.45) is 5.10 Å². The number of anilines is 1. The number of ether oxygens (including phenoxy) is 2. The molecule has 2 amide bonds. The van der Waals surface area contributed by atoms with E-state index in [2.05, 4.69) is 5.10 Å². The van der Waals surface area contributed by atoms with Gasteiger partial charge in [0.2, 0.25) is 12.7 Å². The molecule has 7 heteroatoms. The predicted molar refractivity (Wildman–Crippen MR) is 109 cm³/mol. The first kappa shape index (κ1) is 19.0.